The Morgan fingerprint density at radius 1 is 1.36 bits per heavy atom. The maximum atomic E-state index is 15.2. The number of urea groups is 1. The summed E-state index contributed by atoms with van der Waals surface area (Å²) in [5.41, 5.74) is -0.460. The Labute approximate surface area is 202 Å². The summed E-state index contributed by atoms with van der Waals surface area (Å²) in [5.74, 6) is 0.478. The normalized spacial score (nSPS) is 18.5. The first kappa shape index (κ1) is 25.4. The lowest BCUT2D eigenvalue weighted by Gasteiger charge is -2.39. The van der Waals surface area contributed by atoms with Crippen molar-refractivity contribution in [3.8, 4) is 0 Å². The van der Waals surface area contributed by atoms with Crippen molar-refractivity contribution in [2.75, 3.05) is 37.5 Å². The van der Waals surface area contributed by atoms with Crippen molar-refractivity contribution in [1.29, 1.82) is 0 Å². The lowest BCUT2D eigenvalue weighted by molar-refractivity contribution is -0.138. The number of aromatic amines is 1. The average Bonchev–Trinajstić information content (AvgIpc) is 3.22. The van der Waals surface area contributed by atoms with Gasteiger partial charge in [-0.05, 0) is 18.6 Å². The van der Waals surface area contributed by atoms with E-state index in [4.69, 9.17) is 4.74 Å². The number of carbonyl (C=O) groups is 1. The van der Waals surface area contributed by atoms with Gasteiger partial charge in [-0.15, -0.1) is 0 Å². The van der Waals surface area contributed by atoms with Crippen LogP contribution in [0.1, 0.15) is 17.7 Å². The van der Waals surface area contributed by atoms with Gasteiger partial charge in [0.2, 0.25) is 0 Å². The molecule has 2 N–H and O–H groups in total. The minimum Gasteiger partial charge on any atom is -0.378 e. The first-order valence-electron chi connectivity index (χ1n) is 11.0. The monoisotopic (exact) mass is 511 g/mol. The molecule has 1 fully saturated rings. The maximum absolute atomic E-state index is 15.2. The number of hydrogen-bond acceptors (Lipinski definition) is 6. The molecule has 2 amide bonds. The molecule has 4 rings (SSSR count). The zero-order chi connectivity index (χ0) is 26.2. The number of ether oxygens (including phenoxy) is 1. The fourth-order valence-corrected chi connectivity index (χ4v) is 4.18. The number of hydrogen-bond donors (Lipinski definition) is 2. The van der Waals surface area contributed by atoms with Crippen molar-refractivity contribution in [3.05, 3.63) is 46.1 Å². The number of rotatable bonds is 5. The van der Waals surface area contributed by atoms with Crippen LogP contribution in [0.5, 0.6) is 0 Å². The van der Waals surface area contributed by atoms with Gasteiger partial charge in [-0.25, -0.2) is 19.2 Å². The fourth-order valence-electron chi connectivity index (χ4n) is 4.18. The number of piperidine rings is 1. The lowest BCUT2D eigenvalue weighted by Crippen LogP contribution is -2.54. The quantitative estimate of drug-likeness (QED) is 0.510. The van der Waals surface area contributed by atoms with E-state index in [2.05, 4.69) is 20.3 Å². The van der Waals surface area contributed by atoms with Crippen molar-refractivity contribution in [1.82, 2.24) is 24.4 Å². The van der Waals surface area contributed by atoms with E-state index >= 15 is 4.39 Å². The molecule has 0 radical (unpaired) electrons. The fraction of sp³-hybridized carbons (Fsp3) is 0.455. The minimum atomic E-state index is -4.70. The number of halogens is 4. The second-order valence-corrected chi connectivity index (χ2v) is 8.60. The van der Waals surface area contributed by atoms with Gasteiger partial charge in [0.1, 0.15) is 23.2 Å². The number of H-pyrrole nitrogens is 1. The topological polar surface area (TPSA) is 108 Å². The second kappa shape index (κ2) is 9.76. The number of nitrogens with zero attached hydrogens (tertiary/aromatic N) is 5. The van der Waals surface area contributed by atoms with E-state index in [0.29, 0.717) is 42.4 Å². The molecule has 0 unspecified atom stereocenters. The summed E-state index contributed by atoms with van der Waals surface area (Å²) in [6.45, 7) is 0.666. The van der Waals surface area contributed by atoms with Crippen LogP contribution in [-0.2, 0) is 24.6 Å². The number of methoxy groups -OCH3 is 1. The van der Waals surface area contributed by atoms with E-state index in [1.807, 2.05) is 0 Å². The van der Waals surface area contributed by atoms with E-state index in [9.17, 15) is 22.8 Å². The van der Waals surface area contributed by atoms with Crippen molar-refractivity contribution in [3.63, 3.8) is 0 Å². The molecule has 4 heterocycles. The first-order valence-corrected chi connectivity index (χ1v) is 11.0. The van der Waals surface area contributed by atoms with Gasteiger partial charge in [0.25, 0.3) is 5.56 Å². The zero-order valence-corrected chi connectivity index (χ0v) is 19.8. The van der Waals surface area contributed by atoms with Gasteiger partial charge in [0.05, 0.1) is 31.0 Å². The number of fused-ring (bicyclic) bond motifs is 1. The number of amides is 2. The van der Waals surface area contributed by atoms with Crippen LogP contribution in [0.4, 0.5) is 33.9 Å². The van der Waals surface area contributed by atoms with Gasteiger partial charge in [0, 0.05) is 39.6 Å². The number of carbonyl (C=O) groups excluding carboxylic acids is 1. The van der Waals surface area contributed by atoms with Crippen LogP contribution in [0.2, 0.25) is 0 Å². The number of aromatic nitrogens is 4. The van der Waals surface area contributed by atoms with Crippen LogP contribution in [-0.4, -0.2) is 69.9 Å². The number of anilines is 2. The van der Waals surface area contributed by atoms with Gasteiger partial charge in [-0.1, -0.05) is 0 Å². The van der Waals surface area contributed by atoms with Gasteiger partial charge >= 0.3 is 12.2 Å². The molecule has 1 aliphatic rings. The molecule has 0 aliphatic carbocycles. The van der Waals surface area contributed by atoms with Gasteiger partial charge in [0.15, 0.2) is 5.65 Å². The van der Waals surface area contributed by atoms with Gasteiger partial charge in [-0.3, -0.25) is 4.79 Å². The van der Waals surface area contributed by atoms with Crippen LogP contribution in [0, 0.1) is 0 Å². The SMILES string of the molecule is COCc1cc2nc(N3CC[C@@H](N(C)C(=O)Nc4cc(C(F)(F)F)cn(C)c4=O)[C@@H](F)C3)cnc2[nH]1. The molecule has 2 atom stereocenters. The van der Waals surface area contributed by atoms with E-state index in [1.165, 1.54) is 13.2 Å². The molecule has 36 heavy (non-hydrogen) atoms. The summed E-state index contributed by atoms with van der Waals surface area (Å²) in [4.78, 5) is 39.7. The molecule has 0 saturated carbocycles. The van der Waals surface area contributed by atoms with Crippen molar-refractivity contribution in [2.24, 2.45) is 7.05 Å². The number of aryl methyl sites for hydroxylation is 1. The van der Waals surface area contributed by atoms with Crippen molar-refractivity contribution >= 4 is 28.7 Å². The molecule has 1 aliphatic heterocycles. The number of pyridine rings is 1. The number of nitrogens with one attached hydrogen (secondary N) is 2. The third-order valence-corrected chi connectivity index (χ3v) is 6.08. The van der Waals surface area contributed by atoms with E-state index in [0.717, 1.165) is 22.2 Å². The molecular formula is C22H25F4N7O3. The van der Waals surface area contributed by atoms with Crippen LogP contribution < -0.4 is 15.8 Å². The van der Waals surface area contributed by atoms with E-state index in [1.54, 1.807) is 18.1 Å². The van der Waals surface area contributed by atoms with Crippen LogP contribution in [0.25, 0.3) is 11.2 Å². The Balaban J connectivity index is 1.44. The minimum absolute atomic E-state index is 0.0663. The predicted molar refractivity (Wildman–Crippen MR) is 124 cm³/mol. The van der Waals surface area contributed by atoms with Gasteiger partial charge < -0.3 is 29.4 Å². The summed E-state index contributed by atoms with van der Waals surface area (Å²) in [6, 6.07) is 0.628. The molecular weight excluding hydrogens is 486 g/mol. The Bertz CT molecular complexity index is 1320. The highest BCUT2D eigenvalue weighted by atomic mass is 19.4. The standard InChI is InChI=1S/C22H25F4N7O3/c1-31-9-12(22(24,25)26)6-16(20(31)34)30-21(35)32(2)17-4-5-33(10-14(17)23)18-8-27-19-15(29-18)7-13(28-19)11-36-3/h6-9,14,17H,4-5,10-11H2,1-3H3,(H,27,28)(H,30,35)/t14-,17+/m0/s1. The second-order valence-electron chi connectivity index (χ2n) is 8.60. The van der Waals surface area contributed by atoms with E-state index in [-0.39, 0.29) is 13.0 Å². The third-order valence-electron chi connectivity index (χ3n) is 6.08. The Hall–Kier alpha value is -3.68. The van der Waals surface area contributed by atoms with Crippen molar-refractivity contribution in [2.45, 2.75) is 31.4 Å². The smallest absolute Gasteiger partial charge is 0.378 e. The lowest BCUT2D eigenvalue weighted by atomic mass is 10.0. The molecule has 3 aromatic rings. The Morgan fingerprint density at radius 2 is 2.11 bits per heavy atom. The molecule has 3 aromatic heterocycles. The highest BCUT2D eigenvalue weighted by molar-refractivity contribution is 5.89. The molecule has 0 bridgehead atoms. The zero-order valence-electron chi connectivity index (χ0n) is 19.8. The molecule has 0 spiro atoms. The Morgan fingerprint density at radius 3 is 2.78 bits per heavy atom. The third kappa shape index (κ3) is 5.12. The average molecular weight is 511 g/mol. The maximum Gasteiger partial charge on any atom is 0.417 e. The summed E-state index contributed by atoms with van der Waals surface area (Å²) in [7, 11) is 4.06. The first-order chi connectivity index (χ1) is 17.0. The van der Waals surface area contributed by atoms with Crippen LogP contribution >= 0.6 is 0 Å². The molecule has 1 saturated heterocycles. The van der Waals surface area contributed by atoms with Crippen LogP contribution in [0.15, 0.2) is 29.3 Å². The van der Waals surface area contributed by atoms with Crippen molar-refractivity contribution < 1.29 is 27.1 Å². The summed E-state index contributed by atoms with van der Waals surface area (Å²) < 4.78 is 60.3. The molecule has 194 valence electrons. The summed E-state index contributed by atoms with van der Waals surface area (Å²) in [6.07, 6.45) is -3.78. The molecule has 0 aromatic carbocycles. The van der Waals surface area contributed by atoms with Gasteiger partial charge in [-0.2, -0.15) is 13.2 Å². The number of alkyl halides is 4. The predicted octanol–water partition coefficient (Wildman–Crippen LogP) is 2.90. The Kier molecular flexibility index (Phi) is 6.89. The van der Waals surface area contributed by atoms with E-state index < -0.39 is 41.2 Å². The highest BCUT2D eigenvalue weighted by Gasteiger charge is 2.36. The highest BCUT2D eigenvalue weighted by Crippen LogP contribution is 2.30. The molecule has 10 nitrogen and oxygen atoms in total. The summed E-state index contributed by atoms with van der Waals surface area (Å²) in [5, 5.41) is 2.19. The summed E-state index contributed by atoms with van der Waals surface area (Å²) >= 11 is 0. The molecule has 14 heteroatoms. The largest absolute Gasteiger partial charge is 0.417 e. The van der Waals surface area contributed by atoms with Crippen LogP contribution in [0.3, 0.4) is 0 Å².